The van der Waals surface area contributed by atoms with E-state index in [0.717, 1.165) is 18.2 Å². The van der Waals surface area contributed by atoms with E-state index in [9.17, 15) is 26.3 Å². The molecule has 0 aliphatic rings. The lowest BCUT2D eigenvalue weighted by Gasteiger charge is -2.19. The summed E-state index contributed by atoms with van der Waals surface area (Å²) in [6, 6.07) is 6.21. The molecule has 0 radical (unpaired) electrons. The quantitative estimate of drug-likeness (QED) is 0.262. The maximum atomic E-state index is 14.1. The second-order valence-electron chi connectivity index (χ2n) is 7.92. The lowest BCUT2D eigenvalue weighted by atomic mass is 9.91. The summed E-state index contributed by atoms with van der Waals surface area (Å²) < 4.78 is 85.3. The Kier molecular flexibility index (Phi) is 14.0. The van der Waals surface area contributed by atoms with Gasteiger partial charge in [0.15, 0.2) is 11.6 Å². The molecule has 0 amide bonds. The van der Waals surface area contributed by atoms with Gasteiger partial charge in [0.1, 0.15) is 5.82 Å². The highest BCUT2D eigenvalue weighted by Gasteiger charge is 2.43. The predicted octanol–water partition coefficient (Wildman–Crippen LogP) is 9.10. The Morgan fingerprint density at radius 1 is 1.03 bits per heavy atom. The predicted molar refractivity (Wildman–Crippen MR) is 131 cm³/mol. The standard InChI is InChI=1S/C19H18F6O.C8H12.CHN/c1-10(2)26-17-5-4-12(8-16(17)21)11(3)13-6-14(9-15(20)7-13)19(24,25)18(22)23;1-4-6-8(3)7-5-2;1-2/h4-11,18H,1-3H3;4-7H,1H2,2-3H3;1H/b;7-5-,8-6-;/t11-;;/m1../s1. The summed E-state index contributed by atoms with van der Waals surface area (Å²) in [5, 5.41) is 6.50. The SMILES string of the molecule is C#N.C=C/C=C(C)\C=C/C.CC(C)Oc1ccc([C@@H](C)c2cc(F)cc(C(F)(F)C(F)F)c2)cc1F. The molecular weight excluding hydrogens is 480 g/mol. The fourth-order valence-corrected chi connectivity index (χ4v) is 3.01. The minimum absolute atomic E-state index is 0.0279. The molecule has 0 spiro atoms. The molecule has 0 saturated heterocycles. The molecule has 0 aliphatic carbocycles. The van der Waals surface area contributed by atoms with Crippen LogP contribution in [0.15, 0.2) is 72.9 Å². The zero-order chi connectivity index (χ0) is 28.1. The number of nitrogens with zero attached hydrogens (tertiary/aromatic N) is 1. The first-order chi connectivity index (χ1) is 16.8. The van der Waals surface area contributed by atoms with Crippen LogP contribution in [0, 0.1) is 23.5 Å². The molecule has 0 N–H and O–H groups in total. The van der Waals surface area contributed by atoms with Crippen molar-refractivity contribution >= 4 is 0 Å². The van der Waals surface area contributed by atoms with Crippen molar-refractivity contribution in [1.82, 2.24) is 0 Å². The van der Waals surface area contributed by atoms with Crippen molar-refractivity contribution in [2.75, 3.05) is 0 Å². The van der Waals surface area contributed by atoms with Crippen molar-refractivity contribution in [3.8, 4) is 12.3 Å². The third-order valence-corrected chi connectivity index (χ3v) is 4.71. The van der Waals surface area contributed by atoms with E-state index in [0.29, 0.717) is 11.6 Å². The first-order valence-corrected chi connectivity index (χ1v) is 10.9. The molecule has 36 heavy (non-hydrogen) atoms. The summed E-state index contributed by atoms with van der Waals surface area (Å²) >= 11 is 0. The van der Waals surface area contributed by atoms with Gasteiger partial charge >= 0.3 is 12.3 Å². The van der Waals surface area contributed by atoms with Crippen molar-refractivity contribution in [2.24, 2.45) is 0 Å². The Hall–Kier alpha value is -3.47. The molecule has 1 atom stereocenters. The van der Waals surface area contributed by atoms with Crippen LogP contribution in [0.5, 0.6) is 5.75 Å². The molecule has 8 heteroatoms. The molecule has 0 aromatic heterocycles. The smallest absolute Gasteiger partial charge is 0.332 e. The highest BCUT2D eigenvalue weighted by atomic mass is 19.3. The highest BCUT2D eigenvalue weighted by molar-refractivity contribution is 5.39. The van der Waals surface area contributed by atoms with Gasteiger partial charge in [-0.3, -0.25) is 0 Å². The minimum Gasteiger partial charge on any atom is -0.488 e. The lowest BCUT2D eigenvalue weighted by Crippen LogP contribution is -2.24. The Morgan fingerprint density at radius 3 is 2.11 bits per heavy atom. The van der Waals surface area contributed by atoms with Gasteiger partial charge in [-0.1, -0.05) is 49.4 Å². The number of ether oxygens (including phenoxy) is 1. The average Bonchev–Trinajstić information content (AvgIpc) is 2.81. The molecule has 0 unspecified atom stereocenters. The van der Waals surface area contributed by atoms with Crippen molar-refractivity contribution in [1.29, 1.82) is 5.26 Å². The molecule has 2 rings (SSSR count). The molecule has 0 aliphatic heterocycles. The zero-order valence-electron chi connectivity index (χ0n) is 20.9. The molecule has 2 aromatic carbocycles. The van der Waals surface area contributed by atoms with Crippen LogP contribution < -0.4 is 4.74 Å². The Balaban J connectivity index is 0.00000104. The van der Waals surface area contributed by atoms with Crippen LogP contribution in [0.3, 0.4) is 0 Å². The van der Waals surface area contributed by atoms with E-state index in [4.69, 9.17) is 10.00 Å². The molecular formula is C28H31F6NO. The molecule has 0 fully saturated rings. The van der Waals surface area contributed by atoms with Crippen molar-refractivity contribution in [3.05, 3.63) is 101 Å². The van der Waals surface area contributed by atoms with Crippen LogP contribution in [0.1, 0.15) is 57.2 Å². The second-order valence-corrected chi connectivity index (χ2v) is 7.92. The first kappa shape index (κ1) is 32.5. The number of hydrogen-bond acceptors (Lipinski definition) is 2. The van der Waals surface area contributed by atoms with E-state index in [1.807, 2.05) is 32.1 Å². The van der Waals surface area contributed by atoms with E-state index in [1.54, 1.807) is 19.9 Å². The lowest BCUT2D eigenvalue weighted by molar-refractivity contribution is -0.135. The first-order valence-electron chi connectivity index (χ1n) is 10.9. The van der Waals surface area contributed by atoms with Crippen LogP contribution in [0.2, 0.25) is 0 Å². The fraction of sp³-hybridized carbons (Fsp3) is 0.321. The largest absolute Gasteiger partial charge is 0.488 e. The number of halogens is 6. The summed E-state index contributed by atoms with van der Waals surface area (Å²) in [7, 11) is 0. The number of nitriles is 1. The summed E-state index contributed by atoms with van der Waals surface area (Å²) in [5.74, 6) is -6.86. The van der Waals surface area contributed by atoms with Gasteiger partial charge in [-0.05, 0) is 69.2 Å². The minimum atomic E-state index is -4.48. The maximum Gasteiger partial charge on any atom is 0.332 e. The summed E-state index contributed by atoms with van der Waals surface area (Å²) in [6.45, 7) is 16.1. The molecule has 196 valence electrons. The van der Waals surface area contributed by atoms with Crippen LogP contribution in [0.25, 0.3) is 0 Å². The molecule has 0 heterocycles. The van der Waals surface area contributed by atoms with Gasteiger partial charge in [0.2, 0.25) is 0 Å². The third-order valence-electron chi connectivity index (χ3n) is 4.71. The van der Waals surface area contributed by atoms with Crippen molar-refractivity contribution in [3.63, 3.8) is 0 Å². The Labute approximate surface area is 209 Å². The molecule has 0 saturated carbocycles. The number of allylic oxidation sites excluding steroid dienone is 5. The summed E-state index contributed by atoms with van der Waals surface area (Å²) in [4.78, 5) is 0. The topological polar surface area (TPSA) is 33.0 Å². The summed E-state index contributed by atoms with van der Waals surface area (Å²) in [5.41, 5.74) is 0.532. The van der Waals surface area contributed by atoms with Gasteiger partial charge in [-0.2, -0.15) is 8.78 Å². The van der Waals surface area contributed by atoms with E-state index in [-0.39, 0.29) is 17.4 Å². The van der Waals surface area contributed by atoms with Crippen molar-refractivity contribution in [2.45, 2.75) is 59.0 Å². The van der Waals surface area contributed by atoms with Gasteiger partial charge < -0.3 is 4.74 Å². The monoisotopic (exact) mass is 511 g/mol. The molecule has 0 bridgehead atoms. The highest BCUT2D eigenvalue weighted by Crippen LogP contribution is 2.37. The van der Waals surface area contributed by atoms with Gasteiger partial charge in [-0.25, -0.2) is 22.8 Å². The normalized spacial score (nSPS) is 12.5. The van der Waals surface area contributed by atoms with Crippen LogP contribution >= 0.6 is 0 Å². The van der Waals surface area contributed by atoms with Gasteiger partial charge in [0, 0.05) is 18.1 Å². The van der Waals surface area contributed by atoms with Gasteiger partial charge in [-0.15, -0.1) is 0 Å². The third kappa shape index (κ3) is 10.0. The van der Waals surface area contributed by atoms with Crippen LogP contribution in [-0.2, 0) is 5.92 Å². The second kappa shape index (κ2) is 15.5. The molecule has 2 aromatic rings. The maximum absolute atomic E-state index is 14.1. The molecule has 2 nitrogen and oxygen atoms in total. The average molecular weight is 512 g/mol. The Morgan fingerprint density at radius 2 is 1.64 bits per heavy atom. The van der Waals surface area contributed by atoms with Crippen LogP contribution in [-0.4, -0.2) is 12.5 Å². The number of benzene rings is 2. The summed E-state index contributed by atoms with van der Waals surface area (Å²) in [6.07, 6.45) is 3.61. The van der Waals surface area contributed by atoms with E-state index >= 15 is 0 Å². The number of hydrogen-bond donors (Lipinski definition) is 0. The Bertz CT molecular complexity index is 1060. The van der Waals surface area contributed by atoms with Crippen molar-refractivity contribution < 1.29 is 31.1 Å². The number of rotatable bonds is 8. The fourth-order valence-electron chi connectivity index (χ4n) is 3.01. The van der Waals surface area contributed by atoms with E-state index < -0.39 is 35.5 Å². The van der Waals surface area contributed by atoms with E-state index in [1.165, 1.54) is 24.6 Å². The zero-order valence-corrected chi connectivity index (χ0v) is 20.9. The van der Waals surface area contributed by atoms with E-state index in [2.05, 4.69) is 13.2 Å². The van der Waals surface area contributed by atoms with Crippen LogP contribution in [0.4, 0.5) is 26.3 Å². The van der Waals surface area contributed by atoms with Gasteiger partial charge in [0.05, 0.1) is 6.10 Å². The van der Waals surface area contributed by atoms with Gasteiger partial charge in [0.25, 0.3) is 0 Å². The number of alkyl halides is 4.